The largest absolute Gasteiger partial charge is 0.284 e. The molecule has 0 saturated carbocycles. The van der Waals surface area contributed by atoms with E-state index in [4.69, 9.17) is 5.26 Å². The lowest BCUT2D eigenvalue weighted by molar-refractivity contribution is 0.250. The van der Waals surface area contributed by atoms with Crippen LogP contribution in [0.15, 0.2) is 24.5 Å². The third-order valence-electron chi connectivity index (χ3n) is 2.28. The van der Waals surface area contributed by atoms with E-state index >= 15 is 0 Å². The van der Waals surface area contributed by atoms with Gasteiger partial charge in [0.05, 0.1) is 12.1 Å². The van der Waals surface area contributed by atoms with Gasteiger partial charge in [0.25, 0.3) is 0 Å². The van der Waals surface area contributed by atoms with Gasteiger partial charge < -0.3 is 0 Å². The van der Waals surface area contributed by atoms with Crippen molar-refractivity contribution in [2.24, 2.45) is 0 Å². The Kier molecular flexibility index (Phi) is 4.09. The summed E-state index contributed by atoms with van der Waals surface area (Å²) in [7, 11) is 0. The Morgan fingerprint density at radius 1 is 1.50 bits per heavy atom. The van der Waals surface area contributed by atoms with Crippen LogP contribution in [0.3, 0.4) is 0 Å². The quantitative estimate of drug-likeness (QED) is 0.725. The Bertz CT molecular complexity index is 302. The van der Waals surface area contributed by atoms with Crippen molar-refractivity contribution in [1.29, 1.82) is 5.26 Å². The van der Waals surface area contributed by atoms with Gasteiger partial charge >= 0.3 is 0 Å². The Morgan fingerprint density at radius 2 is 2.14 bits per heavy atom. The molecule has 14 heavy (non-hydrogen) atoms. The molecule has 0 saturated heterocycles. The van der Waals surface area contributed by atoms with E-state index in [-0.39, 0.29) is 6.04 Å². The van der Waals surface area contributed by atoms with E-state index in [0.717, 1.165) is 13.1 Å². The van der Waals surface area contributed by atoms with E-state index in [1.54, 1.807) is 12.4 Å². The van der Waals surface area contributed by atoms with E-state index < -0.39 is 0 Å². The van der Waals surface area contributed by atoms with Crippen LogP contribution in [-0.2, 0) is 6.54 Å². The first kappa shape index (κ1) is 10.7. The highest BCUT2D eigenvalue weighted by Gasteiger charge is 2.10. The molecule has 74 valence electrons. The fourth-order valence-corrected chi connectivity index (χ4v) is 1.33. The number of pyridine rings is 1. The molecule has 1 aromatic rings. The molecule has 0 spiro atoms. The summed E-state index contributed by atoms with van der Waals surface area (Å²) < 4.78 is 0. The molecule has 1 atom stereocenters. The van der Waals surface area contributed by atoms with Gasteiger partial charge in [0.1, 0.15) is 0 Å². The molecule has 3 nitrogen and oxygen atoms in total. The minimum absolute atomic E-state index is 0.0341. The molecule has 0 amide bonds. The summed E-state index contributed by atoms with van der Waals surface area (Å²) in [5.41, 5.74) is 1.20. The summed E-state index contributed by atoms with van der Waals surface area (Å²) >= 11 is 0. The van der Waals surface area contributed by atoms with Crippen molar-refractivity contribution in [3.63, 3.8) is 0 Å². The van der Waals surface area contributed by atoms with Gasteiger partial charge in [0.2, 0.25) is 0 Å². The van der Waals surface area contributed by atoms with Gasteiger partial charge in [0.15, 0.2) is 0 Å². The van der Waals surface area contributed by atoms with Crippen molar-refractivity contribution in [1.82, 2.24) is 9.88 Å². The molecule has 1 rings (SSSR count). The number of hydrogen-bond acceptors (Lipinski definition) is 3. The summed E-state index contributed by atoms with van der Waals surface area (Å²) in [5.74, 6) is 0. The van der Waals surface area contributed by atoms with Gasteiger partial charge in [-0.3, -0.25) is 9.88 Å². The molecule has 0 radical (unpaired) electrons. The lowest BCUT2D eigenvalue weighted by atomic mass is 10.2. The highest BCUT2D eigenvalue weighted by Crippen LogP contribution is 2.06. The fourth-order valence-electron chi connectivity index (χ4n) is 1.33. The van der Waals surface area contributed by atoms with Crippen molar-refractivity contribution >= 4 is 0 Å². The minimum Gasteiger partial charge on any atom is -0.284 e. The molecule has 0 aliphatic carbocycles. The lowest BCUT2D eigenvalue weighted by Gasteiger charge is -2.22. The Labute approximate surface area is 85.0 Å². The second kappa shape index (κ2) is 5.36. The van der Waals surface area contributed by atoms with Crippen molar-refractivity contribution in [2.45, 2.75) is 26.4 Å². The Balaban J connectivity index is 2.63. The zero-order valence-electron chi connectivity index (χ0n) is 8.64. The third-order valence-corrected chi connectivity index (χ3v) is 2.28. The molecule has 1 heterocycles. The van der Waals surface area contributed by atoms with Crippen LogP contribution in [0, 0.1) is 11.3 Å². The predicted octanol–water partition coefficient (Wildman–Crippen LogP) is 1.82. The van der Waals surface area contributed by atoms with Crippen LogP contribution in [0.25, 0.3) is 0 Å². The van der Waals surface area contributed by atoms with E-state index in [0.29, 0.717) is 0 Å². The number of hydrogen-bond donors (Lipinski definition) is 0. The van der Waals surface area contributed by atoms with Gasteiger partial charge in [0, 0.05) is 18.9 Å². The van der Waals surface area contributed by atoms with Crippen LogP contribution in [0.1, 0.15) is 19.4 Å². The number of nitrogens with zero attached hydrogens (tertiary/aromatic N) is 3. The van der Waals surface area contributed by atoms with Crippen LogP contribution in [-0.4, -0.2) is 22.5 Å². The topological polar surface area (TPSA) is 39.9 Å². The zero-order valence-corrected chi connectivity index (χ0v) is 8.64. The molecule has 0 aliphatic rings. The zero-order chi connectivity index (χ0) is 10.4. The smallest absolute Gasteiger partial charge is 0.0952 e. The monoisotopic (exact) mass is 189 g/mol. The summed E-state index contributed by atoms with van der Waals surface area (Å²) in [6, 6.07) is 6.17. The van der Waals surface area contributed by atoms with E-state index in [1.807, 2.05) is 19.1 Å². The molecular weight excluding hydrogens is 174 g/mol. The highest BCUT2D eigenvalue weighted by atomic mass is 15.1. The average molecular weight is 189 g/mol. The summed E-state index contributed by atoms with van der Waals surface area (Å²) in [6.07, 6.45) is 3.56. The van der Waals surface area contributed by atoms with Crippen molar-refractivity contribution < 1.29 is 0 Å². The maximum Gasteiger partial charge on any atom is 0.0952 e. The molecule has 0 N–H and O–H groups in total. The van der Waals surface area contributed by atoms with Crippen LogP contribution >= 0.6 is 0 Å². The normalized spacial score (nSPS) is 12.4. The van der Waals surface area contributed by atoms with Crippen molar-refractivity contribution in [3.05, 3.63) is 30.1 Å². The molecule has 0 fully saturated rings. The number of aromatic nitrogens is 1. The van der Waals surface area contributed by atoms with Crippen LogP contribution < -0.4 is 0 Å². The fraction of sp³-hybridized carbons (Fsp3) is 0.455. The van der Waals surface area contributed by atoms with E-state index in [1.165, 1.54) is 5.56 Å². The van der Waals surface area contributed by atoms with E-state index in [2.05, 4.69) is 22.9 Å². The number of nitriles is 1. The Hall–Kier alpha value is -1.40. The lowest BCUT2D eigenvalue weighted by Crippen LogP contribution is -2.31. The SMILES string of the molecule is CCN(Cc1ccncc1)C(C)C#N. The molecular formula is C11H15N3. The molecule has 0 aliphatic heterocycles. The first-order chi connectivity index (χ1) is 6.77. The van der Waals surface area contributed by atoms with Gasteiger partial charge in [-0.1, -0.05) is 6.92 Å². The summed E-state index contributed by atoms with van der Waals surface area (Å²) in [4.78, 5) is 6.08. The molecule has 1 aromatic heterocycles. The molecule has 0 bridgehead atoms. The predicted molar refractivity (Wildman–Crippen MR) is 55.4 cm³/mol. The van der Waals surface area contributed by atoms with E-state index in [9.17, 15) is 0 Å². The van der Waals surface area contributed by atoms with Gasteiger partial charge in [-0.15, -0.1) is 0 Å². The number of rotatable bonds is 4. The van der Waals surface area contributed by atoms with Crippen molar-refractivity contribution in [3.8, 4) is 6.07 Å². The maximum atomic E-state index is 8.81. The van der Waals surface area contributed by atoms with Gasteiger partial charge in [-0.05, 0) is 31.2 Å². The van der Waals surface area contributed by atoms with Crippen molar-refractivity contribution in [2.75, 3.05) is 6.54 Å². The highest BCUT2D eigenvalue weighted by molar-refractivity contribution is 5.10. The molecule has 0 aromatic carbocycles. The van der Waals surface area contributed by atoms with Gasteiger partial charge in [-0.25, -0.2) is 0 Å². The Morgan fingerprint density at radius 3 is 2.64 bits per heavy atom. The second-order valence-electron chi connectivity index (χ2n) is 3.22. The first-order valence-corrected chi connectivity index (χ1v) is 4.80. The maximum absolute atomic E-state index is 8.81. The molecule has 3 heteroatoms. The average Bonchev–Trinajstić information content (AvgIpc) is 2.26. The van der Waals surface area contributed by atoms with Crippen LogP contribution in [0.4, 0.5) is 0 Å². The van der Waals surface area contributed by atoms with Crippen LogP contribution in [0.2, 0.25) is 0 Å². The van der Waals surface area contributed by atoms with Gasteiger partial charge in [-0.2, -0.15) is 5.26 Å². The second-order valence-corrected chi connectivity index (χ2v) is 3.22. The first-order valence-electron chi connectivity index (χ1n) is 4.80. The molecule has 1 unspecified atom stereocenters. The summed E-state index contributed by atoms with van der Waals surface area (Å²) in [5, 5.41) is 8.81. The third kappa shape index (κ3) is 2.82. The standard InChI is InChI=1S/C11H15N3/c1-3-14(10(2)8-12)9-11-4-6-13-7-5-11/h4-7,10H,3,9H2,1-2H3. The van der Waals surface area contributed by atoms with Crippen LogP contribution in [0.5, 0.6) is 0 Å². The minimum atomic E-state index is -0.0341. The summed E-state index contributed by atoms with van der Waals surface area (Å²) in [6.45, 7) is 5.69.